The van der Waals surface area contributed by atoms with Crippen LogP contribution in [0.5, 0.6) is 0 Å². The number of aliphatic hydroxyl groups is 1. The van der Waals surface area contributed by atoms with Gasteiger partial charge in [-0.15, -0.1) is 0 Å². The minimum Gasteiger partial charge on any atom is -0.394 e. The molecule has 3 N–H and O–H groups in total. The van der Waals surface area contributed by atoms with Crippen molar-refractivity contribution in [2.75, 3.05) is 11.9 Å². The normalized spacial score (nSPS) is 29.9. The van der Waals surface area contributed by atoms with Crippen LogP contribution in [-0.2, 0) is 25.7 Å². The highest BCUT2D eigenvalue weighted by Gasteiger charge is 2.78. The first-order chi connectivity index (χ1) is 18.6. The molecule has 0 aromatic heterocycles. The smallest absolute Gasteiger partial charge is 0.250 e. The van der Waals surface area contributed by atoms with Gasteiger partial charge in [0.1, 0.15) is 11.6 Å². The molecule has 5 rings (SSSR count). The van der Waals surface area contributed by atoms with Gasteiger partial charge in [-0.3, -0.25) is 14.4 Å². The first kappa shape index (κ1) is 27.6. The zero-order valence-corrected chi connectivity index (χ0v) is 23.3. The predicted molar refractivity (Wildman–Crippen MR) is 148 cm³/mol. The molecule has 3 saturated heterocycles. The van der Waals surface area contributed by atoms with E-state index in [0.29, 0.717) is 36.5 Å². The van der Waals surface area contributed by atoms with Crippen molar-refractivity contribution in [2.24, 2.45) is 17.8 Å². The molecule has 2 unspecified atom stereocenters. The number of nitrogens with zero attached hydrogens (tertiary/aromatic N) is 1. The van der Waals surface area contributed by atoms with E-state index in [0.717, 1.165) is 5.56 Å². The number of ether oxygens (including phenoxy) is 1. The number of carbonyl (C=O) groups excluding carboxylic acids is 3. The van der Waals surface area contributed by atoms with E-state index in [9.17, 15) is 19.5 Å². The standard InChI is InChI=1S/C30H36ClN3O5/c1-18(2)15-20(17-35)34-25(27(37)33-22-12-8-7-11-21(22)31)30-14-13-29(3,39-30)23(24(30)28(34)38)26(36)32-16-19-9-5-4-6-10-19/h4-12,18,20,23-25,35H,13-17H2,1-3H3,(H,32,36)(H,33,37)/t20-,23-,24+,25?,29+,30?/m1/s1. The third-order valence-corrected chi connectivity index (χ3v) is 8.86. The highest BCUT2D eigenvalue weighted by Crippen LogP contribution is 2.63. The predicted octanol–water partition coefficient (Wildman–Crippen LogP) is 3.77. The number of anilines is 1. The Morgan fingerprint density at radius 3 is 2.46 bits per heavy atom. The molecule has 2 aromatic carbocycles. The van der Waals surface area contributed by atoms with Crippen LogP contribution >= 0.6 is 11.6 Å². The van der Waals surface area contributed by atoms with Crippen LogP contribution in [0.25, 0.3) is 0 Å². The summed E-state index contributed by atoms with van der Waals surface area (Å²) in [6, 6.07) is 14.9. The fraction of sp³-hybridized carbons (Fsp3) is 0.500. The number of nitrogens with one attached hydrogen (secondary N) is 2. The molecule has 3 aliphatic heterocycles. The summed E-state index contributed by atoms with van der Waals surface area (Å²) in [6.45, 7) is 5.90. The van der Waals surface area contributed by atoms with Gasteiger partial charge in [0, 0.05) is 6.54 Å². The minimum absolute atomic E-state index is 0.167. The number of aliphatic hydroxyl groups excluding tert-OH is 1. The molecule has 0 aliphatic carbocycles. The second kappa shape index (κ2) is 10.6. The second-order valence-electron chi connectivity index (χ2n) is 11.6. The Bertz CT molecular complexity index is 1260. The van der Waals surface area contributed by atoms with Gasteiger partial charge in [-0.1, -0.05) is 67.9 Å². The van der Waals surface area contributed by atoms with Crippen LogP contribution in [0.3, 0.4) is 0 Å². The van der Waals surface area contributed by atoms with Gasteiger partial charge in [-0.05, 0) is 49.8 Å². The molecule has 39 heavy (non-hydrogen) atoms. The zero-order chi connectivity index (χ0) is 27.9. The summed E-state index contributed by atoms with van der Waals surface area (Å²) < 4.78 is 6.66. The molecule has 2 aromatic rings. The Kier molecular flexibility index (Phi) is 7.48. The maximum atomic E-state index is 14.3. The van der Waals surface area contributed by atoms with Crippen LogP contribution in [0.4, 0.5) is 5.69 Å². The number of benzene rings is 2. The first-order valence-corrected chi connectivity index (χ1v) is 14.0. The largest absolute Gasteiger partial charge is 0.394 e. The van der Waals surface area contributed by atoms with Gasteiger partial charge in [0.2, 0.25) is 17.7 Å². The van der Waals surface area contributed by atoms with Gasteiger partial charge in [-0.25, -0.2) is 0 Å². The van der Waals surface area contributed by atoms with Crippen molar-refractivity contribution in [3.63, 3.8) is 0 Å². The fourth-order valence-corrected chi connectivity index (χ4v) is 7.12. The average molecular weight is 554 g/mol. The van der Waals surface area contributed by atoms with Crippen LogP contribution in [-0.4, -0.2) is 57.6 Å². The molecule has 2 bridgehead atoms. The number of likely N-dealkylation sites (tertiary alicyclic amines) is 1. The average Bonchev–Trinajstić information content (AvgIpc) is 3.48. The molecular weight excluding hydrogens is 518 g/mol. The van der Waals surface area contributed by atoms with Gasteiger partial charge in [-0.2, -0.15) is 0 Å². The van der Waals surface area contributed by atoms with Gasteiger partial charge in [0.15, 0.2) is 0 Å². The third-order valence-electron chi connectivity index (χ3n) is 8.53. The van der Waals surface area contributed by atoms with Gasteiger partial charge < -0.3 is 25.4 Å². The molecule has 8 nitrogen and oxygen atoms in total. The molecular formula is C30H36ClN3O5. The number of hydrogen-bond acceptors (Lipinski definition) is 5. The molecule has 3 fully saturated rings. The molecule has 3 heterocycles. The van der Waals surface area contributed by atoms with E-state index in [1.54, 1.807) is 24.3 Å². The highest BCUT2D eigenvalue weighted by molar-refractivity contribution is 6.33. The van der Waals surface area contributed by atoms with Crippen LogP contribution in [0.15, 0.2) is 54.6 Å². The van der Waals surface area contributed by atoms with Crippen molar-refractivity contribution in [1.29, 1.82) is 0 Å². The molecule has 0 radical (unpaired) electrons. The summed E-state index contributed by atoms with van der Waals surface area (Å²) in [5.74, 6) is -2.46. The number of hydrogen-bond donors (Lipinski definition) is 3. The van der Waals surface area contributed by atoms with E-state index in [1.165, 1.54) is 4.90 Å². The van der Waals surface area contributed by atoms with Crippen LogP contribution in [0, 0.1) is 17.8 Å². The molecule has 0 saturated carbocycles. The van der Waals surface area contributed by atoms with Gasteiger partial charge in [0.25, 0.3) is 0 Å². The Morgan fingerprint density at radius 1 is 1.10 bits per heavy atom. The van der Waals surface area contributed by atoms with Crippen molar-refractivity contribution in [1.82, 2.24) is 10.2 Å². The van der Waals surface area contributed by atoms with Gasteiger partial charge in [0.05, 0.1) is 40.8 Å². The van der Waals surface area contributed by atoms with Crippen molar-refractivity contribution in [2.45, 2.75) is 69.9 Å². The molecule has 208 valence electrons. The van der Waals surface area contributed by atoms with Crippen LogP contribution < -0.4 is 10.6 Å². The van der Waals surface area contributed by atoms with Crippen LogP contribution in [0.2, 0.25) is 5.02 Å². The number of rotatable bonds is 9. The van der Waals surface area contributed by atoms with Crippen molar-refractivity contribution in [3.8, 4) is 0 Å². The summed E-state index contributed by atoms with van der Waals surface area (Å²) >= 11 is 6.34. The van der Waals surface area contributed by atoms with E-state index in [4.69, 9.17) is 16.3 Å². The summed E-state index contributed by atoms with van der Waals surface area (Å²) in [5.41, 5.74) is -0.695. The van der Waals surface area contributed by atoms with Crippen molar-refractivity contribution >= 4 is 35.0 Å². The molecule has 3 amide bonds. The van der Waals surface area contributed by atoms with Crippen molar-refractivity contribution in [3.05, 3.63) is 65.2 Å². The van der Waals surface area contributed by atoms with Crippen LogP contribution in [0.1, 0.15) is 45.6 Å². The lowest BCUT2D eigenvalue weighted by Gasteiger charge is -2.37. The second-order valence-corrected chi connectivity index (χ2v) is 12.0. The topological polar surface area (TPSA) is 108 Å². The van der Waals surface area contributed by atoms with E-state index in [2.05, 4.69) is 10.6 Å². The maximum Gasteiger partial charge on any atom is 0.250 e. The van der Waals surface area contributed by atoms with Gasteiger partial charge >= 0.3 is 0 Å². The number of fused-ring (bicyclic) bond motifs is 1. The SMILES string of the molecule is CC(C)C[C@H](CO)N1C(=O)[C@@H]2[C@H](C(=O)NCc3ccccc3)[C@]3(C)CCC2(O3)C1C(=O)Nc1ccccc1Cl. The van der Waals surface area contributed by atoms with E-state index in [1.807, 2.05) is 51.1 Å². The lowest BCUT2D eigenvalue weighted by atomic mass is 9.66. The highest BCUT2D eigenvalue weighted by atomic mass is 35.5. The van der Waals surface area contributed by atoms with Crippen molar-refractivity contribution < 1.29 is 24.2 Å². The summed E-state index contributed by atoms with van der Waals surface area (Å²) in [6.07, 6.45) is 1.50. The maximum absolute atomic E-state index is 14.3. The molecule has 9 heteroatoms. The third kappa shape index (κ3) is 4.72. The molecule has 3 aliphatic rings. The Morgan fingerprint density at radius 2 is 1.79 bits per heavy atom. The Balaban J connectivity index is 1.51. The first-order valence-electron chi connectivity index (χ1n) is 13.6. The number of para-hydroxylation sites is 1. The summed E-state index contributed by atoms with van der Waals surface area (Å²) in [5, 5.41) is 16.7. The van der Waals surface area contributed by atoms with E-state index < -0.39 is 41.0 Å². The summed E-state index contributed by atoms with van der Waals surface area (Å²) in [7, 11) is 0. The Hall–Kier alpha value is -2.94. The number of halogens is 1. The minimum atomic E-state index is -1.18. The number of carbonyl (C=O) groups is 3. The molecule has 1 spiro atoms. The number of amides is 3. The van der Waals surface area contributed by atoms with E-state index in [-0.39, 0.29) is 24.3 Å². The molecule has 6 atom stereocenters. The quantitative estimate of drug-likeness (QED) is 0.438. The lowest BCUT2D eigenvalue weighted by Crippen LogP contribution is -2.56. The van der Waals surface area contributed by atoms with E-state index >= 15 is 0 Å². The lowest BCUT2D eigenvalue weighted by molar-refractivity contribution is -0.148. The monoisotopic (exact) mass is 553 g/mol. The zero-order valence-electron chi connectivity index (χ0n) is 22.5. The summed E-state index contributed by atoms with van der Waals surface area (Å²) in [4.78, 5) is 43.5. The Labute approximate surface area is 234 Å². The fourth-order valence-electron chi connectivity index (χ4n) is 6.94.